The van der Waals surface area contributed by atoms with Crippen molar-refractivity contribution in [1.82, 2.24) is 0 Å². The largest absolute Gasteiger partial charge is 0.490 e. The highest BCUT2D eigenvalue weighted by Gasteiger charge is 2.59. The van der Waals surface area contributed by atoms with Crippen molar-refractivity contribution in [2.75, 3.05) is 6.61 Å². The van der Waals surface area contributed by atoms with Crippen molar-refractivity contribution in [3.05, 3.63) is 24.5 Å². The summed E-state index contributed by atoms with van der Waals surface area (Å²) in [5.41, 5.74) is -0.992. The number of aliphatic hydroxyl groups excluding tert-OH is 1. The molecule has 1 saturated carbocycles. The van der Waals surface area contributed by atoms with Gasteiger partial charge in [0.15, 0.2) is 5.78 Å². The molecule has 3 aliphatic rings. The van der Waals surface area contributed by atoms with E-state index in [4.69, 9.17) is 4.74 Å². The van der Waals surface area contributed by atoms with Crippen LogP contribution in [0.15, 0.2) is 24.5 Å². The average molecular weight is 262 g/mol. The van der Waals surface area contributed by atoms with Gasteiger partial charge in [0.1, 0.15) is 5.60 Å². The molecule has 1 heterocycles. The number of carbonyl (C=O) groups excluding carboxylic acids is 1. The third-order valence-corrected chi connectivity index (χ3v) is 5.74. The van der Waals surface area contributed by atoms with E-state index in [2.05, 4.69) is 19.1 Å². The van der Waals surface area contributed by atoms with Gasteiger partial charge in [0.25, 0.3) is 0 Å². The number of carbonyl (C=O) groups is 1. The summed E-state index contributed by atoms with van der Waals surface area (Å²) in [5.74, 6) is 1.28. The molecule has 0 radical (unpaired) electrons. The molecule has 3 heteroatoms. The van der Waals surface area contributed by atoms with Crippen LogP contribution in [0.1, 0.15) is 33.1 Å². The van der Waals surface area contributed by atoms with Gasteiger partial charge in [0, 0.05) is 12.7 Å². The SMILES string of the molecule is C[C@@]12C=C[C@@H]3C[C@H](CO)CC[C@@H]3[C@]1(C)C(=O)C=CO2. The van der Waals surface area contributed by atoms with E-state index in [9.17, 15) is 9.90 Å². The summed E-state index contributed by atoms with van der Waals surface area (Å²) >= 11 is 0. The smallest absolute Gasteiger partial charge is 0.169 e. The van der Waals surface area contributed by atoms with E-state index >= 15 is 0 Å². The summed E-state index contributed by atoms with van der Waals surface area (Å²) in [6.07, 6.45) is 10.4. The summed E-state index contributed by atoms with van der Waals surface area (Å²) in [6, 6.07) is 0. The van der Waals surface area contributed by atoms with Crippen molar-refractivity contribution < 1.29 is 14.6 Å². The van der Waals surface area contributed by atoms with Gasteiger partial charge >= 0.3 is 0 Å². The fraction of sp³-hybridized carbons (Fsp3) is 0.688. The number of allylic oxidation sites excluding steroid dienone is 2. The molecule has 19 heavy (non-hydrogen) atoms. The minimum absolute atomic E-state index is 0.183. The van der Waals surface area contributed by atoms with Crippen LogP contribution in [0.4, 0.5) is 0 Å². The van der Waals surface area contributed by atoms with Crippen molar-refractivity contribution in [2.24, 2.45) is 23.2 Å². The van der Waals surface area contributed by atoms with E-state index in [1.807, 2.05) is 6.92 Å². The molecule has 0 aromatic heterocycles. The zero-order chi connectivity index (χ0) is 13.7. The first-order valence-corrected chi connectivity index (χ1v) is 7.20. The first-order chi connectivity index (χ1) is 9.01. The highest BCUT2D eigenvalue weighted by atomic mass is 16.5. The first kappa shape index (κ1) is 12.9. The molecule has 0 aromatic carbocycles. The Morgan fingerprint density at radius 1 is 1.42 bits per heavy atom. The van der Waals surface area contributed by atoms with E-state index in [0.717, 1.165) is 19.3 Å². The third kappa shape index (κ3) is 1.64. The van der Waals surface area contributed by atoms with E-state index in [-0.39, 0.29) is 12.4 Å². The fourth-order valence-electron chi connectivity index (χ4n) is 4.24. The van der Waals surface area contributed by atoms with Gasteiger partial charge in [-0.05, 0) is 56.9 Å². The predicted octanol–water partition coefficient (Wildman–Crippen LogP) is 2.46. The maximum atomic E-state index is 12.5. The van der Waals surface area contributed by atoms with Crippen molar-refractivity contribution in [3.63, 3.8) is 0 Å². The van der Waals surface area contributed by atoms with Gasteiger partial charge in [0.05, 0.1) is 11.7 Å². The van der Waals surface area contributed by atoms with Crippen LogP contribution < -0.4 is 0 Å². The van der Waals surface area contributed by atoms with Crippen molar-refractivity contribution >= 4 is 5.78 Å². The lowest BCUT2D eigenvalue weighted by Gasteiger charge is -2.55. The Balaban J connectivity index is 2.00. The molecular weight excluding hydrogens is 240 g/mol. The van der Waals surface area contributed by atoms with Crippen molar-refractivity contribution in [3.8, 4) is 0 Å². The predicted molar refractivity (Wildman–Crippen MR) is 72.3 cm³/mol. The second-order valence-corrected chi connectivity index (χ2v) is 6.59. The van der Waals surface area contributed by atoms with Gasteiger partial charge in [-0.25, -0.2) is 0 Å². The maximum Gasteiger partial charge on any atom is 0.169 e. The fourth-order valence-corrected chi connectivity index (χ4v) is 4.24. The summed E-state index contributed by atoms with van der Waals surface area (Å²) in [6.45, 7) is 4.33. The van der Waals surface area contributed by atoms with Gasteiger partial charge in [0.2, 0.25) is 0 Å². The van der Waals surface area contributed by atoms with E-state index in [1.54, 1.807) is 6.08 Å². The van der Waals surface area contributed by atoms with Crippen molar-refractivity contribution in [1.29, 1.82) is 0 Å². The van der Waals surface area contributed by atoms with Gasteiger partial charge in [-0.3, -0.25) is 4.79 Å². The number of ether oxygens (including phenoxy) is 1. The Bertz CT molecular complexity index is 453. The molecular formula is C16H22O3. The molecule has 0 unspecified atom stereocenters. The highest BCUT2D eigenvalue weighted by Crippen LogP contribution is 2.56. The summed E-state index contributed by atoms with van der Waals surface area (Å²) in [4.78, 5) is 12.5. The van der Waals surface area contributed by atoms with Gasteiger partial charge in [-0.2, -0.15) is 0 Å². The minimum Gasteiger partial charge on any atom is -0.490 e. The summed E-state index contributed by atoms with van der Waals surface area (Å²) in [5, 5.41) is 9.35. The highest BCUT2D eigenvalue weighted by molar-refractivity contribution is 5.97. The Morgan fingerprint density at radius 3 is 2.95 bits per heavy atom. The Morgan fingerprint density at radius 2 is 2.21 bits per heavy atom. The third-order valence-electron chi connectivity index (χ3n) is 5.74. The summed E-state index contributed by atoms with van der Waals surface area (Å²) < 4.78 is 5.81. The van der Waals surface area contributed by atoms with Crippen LogP contribution in [0.2, 0.25) is 0 Å². The molecule has 5 atom stereocenters. The van der Waals surface area contributed by atoms with E-state index in [1.165, 1.54) is 6.26 Å². The monoisotopic (exact) mass is 262 g/mol. The number of ketones is 1. The van der Waals surface area contributed by atoms with Crippen LogP contribution in [0.3, 0.4) is 0 Å². The molecule has 0 aromatic rings. The molecule has 0 saturated heterocycles. The molecule has 3 rings (SSSR count). The number of hydrogen-bond donors (Lipinski definition) is 1. The van der Waals surface area contributed by atoms with Crippen LogP contribution in [-0.4, -0.2) is 23.1 Å². The second-order valence-electron chi connectivity index (χ2n) is 6.59. The molecule has 1 fully saturated rings. The summed E-state index contributed by atoms with van der Waals surface area (Å²) in [7, 11) is 0. The molecule has 2 aliphatic carbocycles. The first-order valence-electron chi connectivity index (χ1n) is 7.20. The zero-order valence-electron chi connectivity index (χ0n) is 11.6. The minimum atomic E-state index is -0.522. The maximum absolute atomic E-state index is 12.5. The standard InChI is InChI=1S/C16H22O3/c1-15-7-5-12-9-11(10-17)3-4-13(12)16(15,2)14(18)6-8-19-15/h5-8,11-13,17H,3-4,9-10H2,1-2H3/t11-,12-,13+,15-,16-/m1/s1. The molecule has 0 amide bonds. The average Bonchev–Trinajstić information content (AvgIpc) is 2.41. The molecule has 1 aliphatic heterocycles. The number of fused-ring (bicyclic) bond motifs is 3. The number of hydrogen-bond acceptors (Lipinski definition) is 3. The van der Waals surface area contributed by atoms with Crippen LogP contribution in [0.25, 0.3) is 0 Å². The van der Waals surface area contributed by atoms with Gasteiger partial charge < -0.3 is 9.84 Å². The Labute approximate surface area is 114 Å². The van der Waals surface area contributed by atoms with E-state index in [0.29, 0.717) is 17.8 Å². The second kappa shape index (κ2) is 4.20. The quantitative estimate of drug-likeness (QED) is 0.738. The van der Waals surface area contributed by atoms with Crippen LogP contribution in [0, 0.1) is 23.2 Å². The van der Waals surface area contributed by atoms with Gasteiger partial charge in [-0.1, -0.05) is 6.08 Å². The lowest BCUT2D eigenvalue weighted by atomic mass is 9.52. The van der Waals surface area contributed by atoms with Crippen LogP contribution in [0.5, 0.6) is 0 Å². The number of aliphatic hydroxyl groups is 1. The molecule has 104 valence electrons. The lowest BCUT2D eigenvalue weighted by molar-refractivity contribution is -0.154. The van der Waals surface area contributed by atoms with Gasteiger partial charge in [-0.15, -0.1) is 0 Å². The Hall–Kier alpha value is -1.09. The topological polar surface area (TPSA) is 46.5 Å². The molecule has 0 spiro atoms. The number of rotatable bonds is 1. The van der Waals surface area contributed by atoms with Crippen LogP contribution in [-0.2, 0) is 9.53 Å². The molecule has 3 nitrogen and oxygen atoms in total. The molecule has 1 N–H and O–H groups in total. The Kier molecular flexibility index (Phi) is 2.86. The zero-order valence-corrected chi connectivity index (χ0v) is 11.6. The molecule has 0 bridgehead atoms. The van der Waals surface area contributed by atoms with E-state index < -0.39 is 11.0 Å². The normalized spacial score (nSPS) is 48.4. The lowest BCUT2D eigenvalue weighted by Crippen LogP contribution is -2.59. The van der Waals surface area contributed by atoms with Crippen molar-refractivity contribution in [2.45, 2.75) is 38.7 Å². The van der Waals surface area contributed by atoms with Crippen LogP contribution >= 0.6 is 0 Å².